The predicted octanol–water partition coefficient (Wildman–Crippen LogP) is 1.71. The Hall–Kier alpha value is -1.05. The zero-order valence-corrected chi connectivity index (χ0v) is 12.0. The van der Waals surface area contributed by atoms with Gasteiger partial charge in [-0.25, -0.2) is 17.2 Å². The molecular weight excluding hydrogens is 286 g/mol. The third kappa shape index (κ3) is 2.70. The molecule has 2 rings (SSSR count). The van der Waals surface area contributed by atoms with Crippen LogP contribution >= 0.6 is 0 Å². The molecule has 4 nitrogen and oxygen atoms in total. The molecule has 2 atom stereocenters. The molecule has 1 aromatic carbocycles. The first-order valence-electron chi connectivity index (χ1n) is 6.55. The first-order chi connectivity index (χ1) is 9.37. The summed E-state index contributed by atoms with van der Waals surface area (Å²) in [6.45, 7) is 2.52. The van der Waals surface area contributed by atoms with Gasteiger partial charge >= 0.3 is 0 Å². The van der Waals surface area contributed by atoms with Crippen molar-refractivity contribution < 1.29 is 17.2 Å². The summed E-state index contributed by atoms with van der Waals surface area (Å²) in [5, 5.41) is 0. The van der Waals surface area contributed by atoms with Crippen molar-refractivity contribution in [1.82, 2.24) is 4.31 Å². The van der Waals surface area contributed by atoms with Crippen LogP contribution in [0.3, 0.4) is 0 Å². The fourth-order valence-corrected chi connectivity index (χ4v) is 4.42. The molecule has 112 valence electrons. The summed E-state index contributed by atoms with van der Waals surface area (Å²) in [6, 6.07) is 2.33. The molecule has 1 saturated heterocycles. The van der Waals surface area contributed by atoms with E-state index in [1.165, 1.54) is 4.31 Å². The van der Waals surface area contributed by atoms with Gasteiger partial charge in [0, 0.05) is 19.1 Å². The van der Waals surface area contributed by atoms with Crippen LogP contribution < -0.4 is 5.73 Å². The Morgan fingerprint density at radius 3 is 2.65 bits per heavy atom. The van der Waals surface area contributed by atoms with Crippen molar-refractivity contribution in [2.24, 2.45) is 11.7 Å². The van der Waals surface area contributed by atoms with Gasteiger partial charge in [0.2, 0.25) is 10.0 Å². The van der Waals surface area contributed by atoms with E-state index in [9.17, 15) is 17.2 Å². The van der Waals surface area contributed by atoms with Gasteiger partial charge in [-0.05, 0) is 37.0 Å². The largest absolute Gasteiger partial charge is 0.329 e. The Balaban J connectivity index is 2.40. The van der Waals surface area contributed by atoms with Crippen molar-refractivity contribution in [3.8, 4) is 0 Å². The monoisotopic (exact) mass is 304 g/mol. The third-order valence-corrected chi connectivity index (χ3v) is 5.72. The van der Waals surface area contributed by atoms with Crippen LogP contribution in [0, 0.1) is 17.6 Å². The quantitative estimate of drug-likeness (QED) is 0.924. The molecule has 1 aliphatic rings. The maximum atomic E-state index is 13.2. The maximum Gasteiger partial charge on any atom is 0.243 e. The first kappa shape index (κ1) is 15.3. The highest BCUT2D eigenvalue weighted by molar-refractivity contribution is 7.89. The van der Waals surface area contributed by atoms with Crippen LogP contribution in [0.1, 0.15) is 19.8 Å². The van der Waals surface area contributed by atoms with Crippen LogP contribution in [0.15, 0.2) is 23.1 Å². The summed E-state index contributed by atoms with van der Waals surface area (Å²) in [7, 11) is -3.85. The molecule has 1 aliphatic heterocycles. The smallest absolute Gasteiger partial charge is 0.243 e. The average molecular weight is 304 g/mol. The molecule has 0 bridgehead atoms. The normalized spacial score (nSPS) is 24.8. The summed E-state index contributed by atoms with van der Waals surface area (Å²) in [5.41, 5.74) is 5.67. The zero-order valence-electron chi connectivity index (χ0n) is 11.2. The molecule has 0 saturated carbocycles. The second-order valence-corrected chi connectivity index (χ2v) is 7.00. The SMILES string of the molecule is CC1CCCN(S(=O)(=O)c2ccc(F)c(F)c2)C1CN. The number of hydrogen-bond donors (Lipinski definition) is 1. The van der Waals surface area contributed by atoms with E-state index in [1.807, 2.05) is 6.92 Å². The maximum absolute atomic E-state index is 13.2. The molecule has 20 heavy (non-hydrogen) atoms. The second-order valence-electron chi connectivity index (χ2n) is 5.11. The lowest BCUT2D eigenvalue weighted by molar-refractivity contribution is 0.192. The molecule has 7 heteroatoms. The van der Waals surface area contributed by atoms with E-state index >= 15 is 0 Å². The fourth-order valence-electron chi connectivity index (χ4n) is 2.63. The zero-order chi connectivity index (χ0) is 14.9. The van der Waals surface area contributed by atoms with Crippen molar-refractivity contribution in [3.63, 3.8) is 0 Å². The van der Waals surface area contributed by atoms with Gasteiger partial charge in [0.1, 0.15) is 0 Å². The lowest BCUT2D eigenvalue weighted by Crippen LogP contribution is -2.51. The minimum atomic E-state index is -3.85. The number of hydrogen-bond acceptors (Lipinski definition) is 3. The number of rotatable bonds is 3. The Morgan fingerprint density at radius 2 is 2.05 bits per heavy atom. The summed E-state index contributed by atoms with van der Waals surface area (Å²) in [5.74, 6) is -2.08. The number of halogens is 2. The third-order valence-electron chi connectivity index (χ3n) is 3.80. The van der Waals surface area contributed by atoms with Crippen molar-refractivity contribution in [1.29, 1.82) is 0 Å². The molecule has 0 amide bonds. The van der Waals surface area contributed by atoms with E-state index in [1.54, 1.807) is 0 Å². The fraction of sp³-hybridized carbons (Fsp3) is 0.538. The number of nitrogens with two attached hydrogens (primary N) is 1. The Labute approximate surface area is 117 Å². The molecule has 0 radical (unpaired) electrons. The van der Waals surface area contributed by atoms with Crippen molar-refractivity contribution in [2.45, 2.75) is 30.7 Å². The molecule has 2 N–H and O–H groups in total. The van der Waals surface area contributed by atoms with Crippen LogP contribution in [-0.2, 0) is 10.0 Å². The van der Waals surface area contributed by atoms with Gasteiger partial charge < -0.3 is 5.73 Å². The highest BCUT2D eigenvalue weighted by Crippen LogP contribution is 2.29. The van der Waals surface area contributed by atoms with E-state index in [0.717, 1.165) is 31.0 Å². The Bertz CT molecular complexity index is 592. The van der Waals surface area contributed by atoms with Gasteiger partial charge in [0.25, 0.3) is 0 Å². The van der Waals surface area contributed by atoms with Crippen LogP contribution in [0.2, 0.25) is 0 Å². The van der Waals surface area contributed by atoms with Gasteiger partial charge in [0.15, 0.2) is 11.6 Å². The number of sulfonamides is 1. The van der Waals surface area contributed by atoms with E-state index in [-0.39, 0.29) is 23.4 Å². The van der Waals surface area contributed by atoms with Crippen molar-refractivity contribution in [2.75, 3.05) is 13.1 Å². The summed E-state index contributed by atoms with van der Waals surface area (Å²) in [6.07, 6.45) is 1.65. The molecule has 0 spiro atoms. The van der Waals surface area contributed by atoms with Gasteiger partial charge in [-0.15, -0.1) is 0 Å². The molecular formula is C13H18F2N2O2S. The lowest BCUT2D eigenvalue weighted by atomic mass is 9.93. The average Bonchev–Trinajstić information content (AvgIpc) is 2.41. The van der Waals surface area contributed by atoms with Crippen molar-refractivity contribution in [3.05, 3.63) is 29.8 Å². The molecule has 1 aromatic rings. The standard InChI is InChI=1S/C13H18F2N2O2S/c1-9-3-2-6-17(13(9)8-16)20(18,19)10-4-5-11(14)12(15)7-10/h4-5,7,9,13H,2-3,6,8,16H2,1H3. The van der Waals surface area contributed by atoms with Crippen LogP contribution in [-0.4, -0.2) is 31.9 Å². The van der Waals surface area contributed by atoms with Gasteiger partial charge in [-0.2, -0.15) is 4.31 Å². The van der Waals surface area contributed by atoms with Gasteiger partial charge in [0.05, 0.1) is 4.90 Å². The molecule has 0 aliphatic carbocycles. The number of benzene rings is 1. The number of piperidine rings is 1. The van der Waals surface area contributed by atoms with E-state index in [0.29, 0.717) is 6.54 Å². The lowest BCUT2D eigenvalue weighted by Gasteiger charge is -2.38. The highest BCUT2D eigenvalue weighted by Gasteiger charge is 2.36. The summed E-state index contributed by atoms with van der Waals surface area (Å²) < 4.78 is 52.6. The second kappa shape index (κ2) is 5.75. The predicted molar refractivity (Wildman–Crippen MR) is 71.5 cm³/mol. The summed E-state index contributed by atoms with van der Waals surface area (Å²) >= 11 is 0. The van der Waals surface area contributed by atoms with Gasteiger partial charge in [-0.1, -0.05) is 6.92 Å². The molecule has 2 unspecified atom stereocenters. The molecule has 1 heterocycles. The first-order valence-corrected chi connectivity index (χ1v) is 7.99. The Kier molecular flexibility index (Phi) is 4.41. The topological polar surface area (TPSA) is 63.4 Å². The van der Waals surface area contributed by atoms with E-state index in [4.69, 9.17) is 5.73 Å². The molecule has 0 aromatic heterocycles. The Morgan fingerprint density at radius 1 is 1.35 bits per heavy atom. The van der Waals surface area contributed by atoms with Crippen LogP contribution in [0.5, 0.6) is 0 Å². The highest BCUT2D eigenvalue weighted by atomic mass is 32.2. The number of nitrogens with zero attached hydrogens (tertiary/aromatic N) is 1. The van der Waals surface area contributed by atoms with Crippen LogP contribution in [0.25, 0.3) is 0 Å². The van der Waals surface area contributed by atoms with Crippen LogP contribution in [0.4, 0.5) is 8.78 Å². The summed E-state index contributed by atoms with van der Waals surface area (Å²) in [4.78, 5) is -0.232. The molecule has 1 fully saturated rings. The van der Waals surface area contributed by atoms with E-state index < -0.39 is 21.7 Å². The van der Waals surface area contributed by atoms with Crippen molar-refractivity contribution >= 4 is 10.0 Å². The minimum Gasteiger partial charge on any atom is -0.329 e. The van der Waals surface area contributed by atoms with Gasteiger partial charge in [-0.3, -0.25) is 0 Å². The van der Waals surface area contributed by atoms with E-state index in [2.05, 4.69) is 0 Å². The minimum absolute atomic E-state index is 0.147.